The molecule has 1 amide bonds. The molecule has 45 heavy (non-hydrogen) atoms. The number of aliphatic hydroxyl groups excluding tert-OH is 1. The topological polar surface area (TPSA) is 156 Å². The normalized spacial score (nSPS) is 12.0. The Hall–Kier alpha value is -5.37. The maximum absolute atomic E-state index is 15.3. The summed E-state index contributed by atoms with van der Waals surface area (Å²) in [6, 6.07) is 9.40. The van der Waals surface area contributed by atoms with Gasteiger partial charge in [0, 0.05) is 42.3 Å². The number of halogens is 2. The highest BCUT2D eigenvalue weighted by Crippen LogP contribution is 2.34. The van der Waals surface area contributed by atoms with Gasteiger partial charge in [0.25, 0.3) is 11.5 Å². The number of rotatable bonds is 11. The van der Waals surface area contributed by atoms with Crippen molar-refractivity contribution in [3.8, 4) is 17.2 Å². The SMILES string of the molecule is CCC(CC)n1cc(C(=O)Nc2ccc(Oc3ccnc4[nH]nc(N[C@H](C)CO)c34)c(F)c2)c(=O)n(-c2ccc(F)cc2)c1=O. The summed E-state index contributed by atoms with van der Waals surface area (Å²) >= 11 is 0. The highest BCUT2D eigenvalue weighted by atomic mass is 19.1. The molecule has 0 saturated heterocycles. The first-order valence-electron chi connectivity index (χ1n) is 14.3. The fourth-order valence-corrected chi connectivity index (χ4v) is 4.86. The van der Waals surface area contributed by atoms with Crippen LogP contribution in [0.15, 0.2) is 70.5 Å². The van der Waals surface area contributed by atoms with Gasteiger partial charge in [0.1, 0.15) is 22.5 Å². The average molecular weight is 620 g/mol. The van der Waals surface area contributed by atoms with Crippen LogP contribution in [-0.4, -0.2) is 48.0 Å². The molecule has 0 radical (unpaired) electrons. The summed E-state index contributed by atoms with van der Waals surface area (Å²) in [7, 11) is 0. The van der Waals surface area contributed by atoms with Crippen molar-refractivity contribution in [2.24, 2.45) is 0 Å². The zero-order chi connectivity index (χ0) is 32.2. The number of aliphatic hydroxyl groups is 1. The van der Waals surface area contributed by atoms with Gasteiger partial charge in [-0.15, -0.1) is 0 Å². The number of nitrogens with one attached hydrogen (secondary N) is 3. The summed E-state index contributed by atoms with van der Waals surface area (Å²) in [4.78, 5) is 44.4. The van der Waals surface area contributed by atoms with Gasteiger partial charge < -0.3 is 20.5 Å². The van der Waals surface area contributed by atoms with Gasteiger partial charge in [0.2, 0.25) is 0 Å². The van der Waals surface area contributed by atoms with Crippen LogP contribution in [-0.2, 0) is 0 Å². The number of fused-ring (bicyclic) bond motifs is 1. The van der Waals surface area contributed by atoms with Crippen molar-refractivity contribution in [2.75, 3.05) is 17.2 Å². The molecule has 0 saturated carbocycles. The van der Waals surface area contributed by atoms with Crippen molar-refractivity contribution in [2.45, 2.75) is 45.7 Å². The number of anilines is 2. The van der Waals surface area contributed by atoms with E-state index in [1.54, 1.807) is 6.92 Å². The Morgan fingerprint density at radius 1 is 1.07 bits per heavy atom. The summed E-state index contributed by atoms with van der Waals surface area (Å²) in [5.74, 6) is -1.80. The quantitative estimate of drug-likeness (QED) is 0.165. The Bertz CT molecular complexity index is 1970. The lowest BCUT2D eigenvalue weighted by molar-refractivity contribution is 0.102. The molecular formula is C31H31F2N7O5. The average Bonchev–Trinajstić information content (AvgIpc) is 3.44. The number of amides is 1. The van der Waals surface area contributed by atoms with Crippen LogP contribution >= 0.6 is 0 Å². The third kappa shape index (κ3) is 6.31. The summed E-state index contributed by atoms with van der Waals surface area (Å²) in [6.45, 7) is 5.35. The first-order valence-corrected chi connectivity index (χ1v) is 14.3. The zero-order valence-corrected chi connectivity index (χ0v) is 24.7. The minimum Gasteiger partial charge on any atom is -0.453 e. The molecule has 0 aliphatic rings. The van der Waals surface area contributed by atoms with E-state index in [1.807, 2.05) is 13.8 Å². The van der Waals surface area contributed by atoms with Crippen molar-refractivity contribution in [1.29, 1.82) is 0 Å². The standard InChI is InChI=1S/C31H31F2N7O5/c1-4-20(5-2)39-15-22(30(43)40(31(39)44)21-9-6-18(32)7-10-21)29(42)36-19-8-11-24(23(33)14-19)45-25-12-13-34-27-26(25)28(38-37-27)35-17(3)16-41/h6-15,17,20,41H,4-5,16H2,1-3H3,(H,36,42)(H2,34,35,37,38)/t17-/m1/s1. The van der Waals surface area contributed by atoms with Crippen LogP contribution in [0.4, 0.5) is 20.3 Å². The Labute approximate surface area is 255 Å². The van der Waals surface area contributed by atoms with Gasteiger partial charge in [-0.25, -0.2) is 23.1 Å². The molecule has 234 valence electrons. The number of aromatic amines is 1. The molecule has 0 aliphatic heterocycles. The van der Waals surface area contributed by atoms with Crippen molar-refractivity contribution in [3.63, 3.8) is 0 Å². The molecule has 5 aromatic rings. The number of hydrogen-bond acceptors (Lipinski definition) is 8. The van der Waals surface area contributed by atoms with E-state index >= 15 is 4.39 Å². The van der Waals surface area contributed by atoms with E-state index in [0.717, 1.165) is 22.8 Å². The molecule has 3 aromatic heterocycles. The van der Waals surface area contributed by atoms with E-state index < -0.39 is 28.8 Å². The first-order chi connectivity index (χ1) is 21.6. The van der Waals surface area contributed by atoms with Gasteiger partial charge in [0.15, 0.2) is 23.0 Å². The van der Waals surface area contributed by atoms with Crippen LogP contribution in [0.25, 0.3) is 16.7 Å². The fourth-order valence-electron chi connectivity index (χ4n) is 4.86. The predicted octanol–water partition coefficient (Wildman–Crippen LogP) is 4.75. The van der Waals surface area contributed by atoms with E-state index in [-0.39, 0.29) is 47.1 Å². The summed E-state index contributed by atoms with van der Waals surface area (Å²) in [6.07, 6.45) is 3.76. The molecular weight excluding hydrogens is 588 g/mol. The van der Waals surface area contributed by atoms with E-state index in [9.17, 15) is 23.9 Å². The van der Waals surface area contributed by atoms with Crippen molar-refractivity contribution < 1.29 is 23.4 Å². The van der Waals surface area contributed by atoms with Crippen molar-refractivity contribution in [1.82, 2.24) is 24.3 Å². The van der Waals surface area contributed by atoms with Gasteiger partial charge in [-0.3, -0.25) is 19.3 Å². The number of nitrogens with zero attached hydrogens (tertiary/aromatic N) is 4. The van der Waals surface area contributed by atoms with Crippen LogP contribution in [0, 0.1) is 11.6 Å². The number of aromatic nitrogens is 5. The molecule has 3 heterocycles. The Morgan fingerprint density at radius 2 is 1.80 bits per heavy atom. The third-order valence-electron chi connectivity index (χ3n) is 7.27. The van der Waals surface area contributed by atoms with Crippen molar-refractivity contribution >= 4 is 28.4 Å². The molecule has 12 nitrogen and oxygen atoms in total. The lowest BCUT2D eigenvalue weighted by Gasteiger charge is -2.19. The van der Waals surface area contributed by atoms with E-state index in [0.29, 0.717) is 29.7 Å². The highest BCUT2D eigenvalue weighted by molar-refractivity contribution is 6.04. The fraction of sp³-hybridized carbons (Fsp3) is 0.258. The van der Waals surface area contributed by atoms with Crippen LogP contribution in [0.5, 0.6) is 11.5 Å². The number of pyridine rings is 1. The molecule has 0 bridgehead atoms. The molecule has 0 spiro atoms. The van der Waals surface area contributed by atoms with Crippen molar-refractivity contribution in [3.05, 3.63) is 99.0 Å². The lowest BCUT2D eigenvalue weighted by Crippen LogP contribution is -2.43. The first kappa shape index (κ1) is 31.1. The zero-order valence-electron chi connectivity index (χ0n) is 24.7. The second kappa shape index (κ2) is 13.1. The Balaban J connectivity index is 1.46. The van der Waals surface area contributed by atoms with Gasteiger partial charge in [0.05, 0.1) is 12.3 Å². The monoisotopic (exact) mass is 619 g/mol. The minimum absolute atomic E-state index is 0.0279. The number of ether oxygens (including phenoxy) is 1. The van der Waals surface area contributed by atoms with Crippen LogP contribution < -0.4 is 26.6 Å². The van der Waals surface area contributed by atoms with Crippen LogP contribution in [0.3, 0.4) is 0 Å². The molecule has 2 aromatic carbocycles. The maximum Gasteiger partial charge on any atom is 0.335 e. The molecule has 5 rings (SSSR count). The van der Waals surface area contributed by atoms with Gasteiger partial charge >= 0.3 is 5.69 Å². The summed E-state index contributed by atoms with van der Waals surface area (Å²) < 4.78 is 36.9. The number of carbonyl (C=O) groups excluding carboxylic acids is 1. The van der Waals surface area contributed by atoms with Gasteiger partial charge in [-0.2, -0.15) is 5.10 Å². The smallest absolute Gasteiger partial charge is 0.335 e. The third-order valence-corrected chi connectivity index (χ3v) is 7.27. The predicted molar refractivity (Wildman–Crippen MR) is 164 cm³/mol. The Morgan fingerprint density at radius 3 is 2.47 bits per heavy atom. The highest BCUT2D eigenvalue weighted by Gasteiger charge is 2.22. The Kier molecular flexibility index (Phi) is 9.04. The molecule has 1 atom stereocenters. The lowest BCUT2D eigenvalue weighted by atomic mass is 10.1. The summed E-state index contributed by atoms with van der Waals surface area (Å²) in [5, 5.41) is 22.3. The van der Waals surface area contributed by atoms with Crippen LogP contribution in [0.2, 0.25) is 0 Å². The number of carbonyl (C=O) groups is 1. The maximum atomic E-state index is 15.3. The second-order valence-corrected chi connectivity index (χ2v) is 10.4. The van der Waals surface area contributed by atoms with E-state index in [1.165, 1.54) is 47.3 Å². The minimum atomic E-state index is -0.909. The van der Waals surface area contributed by atoms with Gasteiger partial charge in [-0.1, -0.05) is 13.8 Å². The second-order valence-electron chi connectivity index (χ2n) is 10.4. The van der Waals surface area contributed by atoms with E-state index in [4.69, 9.17) is 4.74 Å². The largest absolute Gasteiger partial charge is 0.453 e. The molecule has 4 N–H and O–H groups in total. The number of hydrogen-bond donors (Lipinski definition) is 4. The van der Waals surface area contributed by atoms with Crippen LogP contribution in [0.1, 0.15) is 50.0 Å². The molecule has 14 heteroatoms. The molecule has 0 unspecified atom stereocenters. The summed E-state index contributed by atoms with van der Waals surface area (Å²) in [5.41, 5.74) is -1.43. The molecule has 0 aliphatic carbocycles. The van der Waals surface area contributed by atoms with Gasteiger partial charge in [-0.05, 0) is 56.2 Å². The number of H-pyrrole nitrogens is 1. The van der Waals surface area contributed by atoms with E-state index in [2.05, 4.69) is 25.8 Å². The molecule has 0 fully saturated rings. The number of benzene rings is 2.